The molecule has 3 heterocycles. The zero-order valence-corrected chi connectivity index (χ0v) is 13.1. The van der Waals surface area contributed by atoms with E-state index in [-0.39, 0.29) is 14.3 Å². The number of hydrogen-bond acceptors (Lipinski definition) is 6. The maximum absolute atomic E-state index is 10.7. The molecule has 114 valence electrons. The zero-order valence-electron chi connectivity index (χ0n) is 12.2. The van der Waals surface area contributed by atoms with Crippen LogP contribution in [-0.4, -0.2) is 29.1 Å². The molecule has 0 aliphatic rings. The molecule has 4 rings (SSSR count). The average Bonchev–Trinajstić information content (AvgIpc) is 3.28. The number of nitrogens with zero attached hydrogens (tertiary/aromatic N) is 7. The Bertz CT molecular complexity index is 1220. The van der Waals surface area contributed by atoms with E-state index in [1.807, 2.05) is 10.5 Å². The van der Waals surface area contributed by atoms with E-state index in [0.29, 0.717) is 28.2 Å². The topological polar surface area (TPSA) is 102 Å². The summed E-state index contributed by atoms with van der Waals surface area (Å²) in [4.78, 5) is 8.38. The molecular formula is C15H8N7OP. The fourth-order valence-corrected chi connectivity index (χ4v) is 2.78. The second kappa shape index (κ2) is 5.74. The molecule has 0 radical (unpaired) electrons. The standard InChI is InChI=1S/C15H8N7OP/c16-7-10-5-11-13(6-12(10)21-3-2-17-9-21)22-14(1-4-24-23)19-20-15(22)8-18-11/h2-3,5-6,8-9H,1H2. The average molecular weight is 333 g/mol. The van der Waals surface area contributed by atoms with Gasteiger partial charge in [0.15, 0.2) is 0 Å². The molecule has 4 aromatic rings. The van der Waals surface area contributed by atoms with Crippen LogP contribution in [0.2, 0.25) is 0 Å². The van der Waals surface area contributed by atoms with Crippen LogP contribution in [0.15, 0.2) is 37.1 Å². The summed E-state index contributed by atoms with van der Waals surface area (Å²) in [5, 5.41) is 17.6. The second-order valence-corrected chi connectivity index (χ2v) is 5.43. The van der Waals surface area contributed by atoms with Crippen LogP contribution in [0.1, 0.15) is 11.4 Å². The minimum atomic E-state index is -0.181. The fraction of sp³-hybridized carbons (Fsp3) is 0.0667. The SMILES string of the molecule is N#Cc1cc2ncc3nnc(CC#P=O)n3c2cc1-n1ccnc1. The molecular weight excluding hydrogens is 325 g/mol. The van der Waals surface area contributed by atoms with Crippen LogP contribution in [0, 0.1) is 17.0 Å². The monoisotopic (exact) mass is 333 g/mol. The van der Waals surface area contributed by atoms with Gasteiger partial charge in [0.05, 0.1) is 0 Å². The molecule has 0 saturated carbocycles. The molecule has 24 heavy (non-hydrogen) atoms. The first-order valence-corrected chi connectivity index (χ1v) is 7.73. The van der Waals surface area contributed by atoms with Gasteiger partial charge in [-0.2, -0.15) is 0 Å². The summed E-state index contributed by atoms with van der Waals surface area (Å²) in [7, 11) is -0.181. The van der Waals surface area contributed by atoms with E-state index in [2.05, 4.69) is 31.9 Å². The van der Waals surface area contributed by atoms with Crippen LogP contribution in [0.25, 0.3) is 22.4 Å². The number of imidazole rings is 1. The normalized spacial score (nSPS) is 10.6. The molecule has 0 saturated heterocycles. The first-order valence-electron chi connectivity index (χ1n) is 6.92. The number of benzene rings is 1. The van der Waals surface area contributed by atoms with Gasteiger partial charge in [-0.1, -0.05) is 0 Å². The molecule has 0 aliphatic heterocycles. The van der Waals surface area contributed by atoms with E-state index >= 15 is 0 Å². The summed E-state index contributed by atoms with van der Waals surface area (Å²) in [5.41, 5.74) is 5.81. The molecule has 3 aromatic heterocycles. The van der Waals surface area contributed by atoms with E-state index < -0.39 is 0 Å². The molecule has 1 aromatic carbocycles. The maximum atomic E-state index is 10.7. The Balaban J connectivity index is 2.09. The van der Waals surface area contributed by atoms with Crippen LogP contribution in [0.5, 0.6) is 0 Å². The van der Waals surface area contributed by atoms with Crippen molar-refractivity contribution in [1.82, 2.24) is 29.1 Å². The van der Waals surface area contributed by atoms with E-state index in [9.17, 15) is 9.83 Å². The number of fused-ring (bicyclic) bond motifs is 3. The molecule has 0 aliphatic carbocycles. The predicted octanol–water partition coefficient (Wildman–Crippen LogP) is 2.13. The summed E-state index contributed by atoms with van der Waals surface area (Å²) >= 11 is 0. The molecule has 9 heteroatoms. The van der Waals surface area contributed by atoms with Gasteiger partial charge >= 0.3 is 136 Å². The van der Waals surface area contributed by atoms with Crippen molar-refractivity contribution in [3.63, 3.8) is 0 Å². The first kappa shape index (κ1) is 14.3. The van der Waals surface area contributed by atoms with E-state index in [1.165, 1.54) is 0 Å². The van der Waals surface area contributed by atoms with Crippen LogP contribution < -0.4 is 0 Å². The molecule has 0 bridgehead atoms. The van der Waals surface area contributed by atoms with Crippen molar-refractivity contribution in [3.8, 4) is 17.4 Å². The van der Waals surface area contributed by atoms with Gasteiger partial charge in [0, 0.05) is 0 Å². The van der Waals surface area contributed by atoms with Gasteiger partial charge in [0.1, 0.15) is 0 Å². The Kier molecular flexibility index (Phi) is 3.43. The van der Waals surface area contributed by atoms with Gasteiger partial charge in [0.2, 0.25) is 0 Å². The van der Waals surface area contributed by atoms with E-state index in [4.69, 9.17) is 0 Å². The van der Waals surface area contributed by atoms with E-state index in [0.717, 1.165) is 5.52 Å². The Hall–Kier alpha value is -3.26. The van der Waals surface area contributed by atoms with Gasteiger partial charge in [-0.3, -0.25) is 0 Å². The van der Waals surface area contributed by atoms with Gasteiger partial charge in [-0.05, 0) is 0 Å². The summed E-state index contributed by atoms with van der Waals surface area (Å²) in [5.74, 6) is 0.599. The minimum absolute atomic E-state index is 0.181. The quantitative estimate of drug-likeness (QED) is 0.521. The van der Waals surface area contributed by atoms with Gasteiger partial charge in [-0.15, -0.1) is 0 Å². The van der Waals surface area contributed by atoms with E-state index in [1.54, 1.807) is 35.6 Å². The Morgan fingerprint density at radius 1 is 1.29 bits per heavy atom. The third-order valence-electron chi connectivity index (χ3n) is 3.61. The molecule has 0 fully saturated rings. The van der Waals surface area contributed by atoms with Crippen LogP contribution in [-0.2, 0) is 11.0 Å². The first-order chi connectivity index (χ1) is 11.8. The Morgan fingerprint density at radius 2 is 2.21 bits per heavy atom. The molecule has 0 spiro atoms. The van der Waals surface area contributed by atoms with Crippen molar-refractivity contribution >= 4 is 24.6 Å². The van der Waals surface area contributed by atoms with Crippen molar-refractivity contribution in [1.29, 1.82) is 5.26 Å². The molecule has 0 amide bonds. The van der Waals surface area contributed by atoms with Crippen molar-refractivity contribution in [3.05, 3.63) is 48.4 Å². The van der Waals surface area contributed by atoms with Crippen LogP contribution in [0.4, 0.5) is 0 Å². The number of hydrogen-bond donors (Lipinski definition) is 0. The van der Waals surface area contributed by atoms with Gasteiger partial charge in [0.25, 0.3) is 0 Å². The second-order valence-electron chi connectivity index (χ2n) is 4.93. The third kappa shape index (κ3) is 2.20. The number of aromatic nitrogens is 6. The Labute approximate surface area is 136 Å². The predicted molar refractivity (Wildman–Crippen MR) is 85.3 cm³/mol. The number of rotatable bonds is 2. The van der Waals surface area contributed by atoms with Gasteiger partial charge < -0.3 is 0 Å². The van der Waals surface area contributed by atoms with Crippen molar-refractivity contribution in [2.24, 2.45) is 0 Å². The zero-order chi connectivity index (χ0) is 16.5. The molecule has 0 atom stereocenters. The number of nitriles is 1. The molecule has 0 N–H and O–H groups in total. The van der Waals surface area contributed by atoms with Gasteiger partial charge in [-0.25, -0.2) is 0 Å². The van der Waals surface area contributed by atoms with Crippen LogP contribution in [0.3, 0.4) is 0 Å². The molecule has 8 nitrogen and oxygen atoms in total. The van der Waals surface area contributed by atoms with Crippen molar-refractivity contribution in [2.45, 2.75) is 6.42 Å². The summed E-state index contributed by atoms with van der Waals surface area (Å²) in [6, 6.07) is 5.74. The summed E-state index contributed by atoms with van der Waals surface area (Å²) in [6.45, 7) is 0. The Morgan fingerprint density at radius 3 is 2.96 bits per heavy atom. The summed E-state index contributed by atoms with van der Waals surface area (Å²) in [6.07, 6.45) is 6.91. The fourth-order valence-electron chi connectivity index (χ4n) is 2.57. The van der Waals surface area contributed by atoms with Crippen molar-refractivity contribution in [2.75, 3.05) is 0 Å². The summed E-state index contributed by atoms with van der Waals surface area (Å²) < 4.78 is 14.2. The molecule has 0 unspecified atom stereocenters. The van der Waals surface area contributed by atoms with Crippen LogP contribution >= 0.6 is 7.92 Å². The third-order valence-corrected chi connectivity index (χ3v) is 3.90. The van der Waals surface area contributed by atoms with Crippen molar-refractivity contribution < 1.29 is 4.57 Å².